The molecule has 2 rings (SSSR count). The molecule has 1 saturated carbocycles. The molecule has 1 aliphatic carbocycles. The topological polar surface area (TPSA) is 85.8 Å². The fourth-order valence-electron chi connectivity index (χ4n) is 2.49. The lowest BCUT2D eigenvalue weighted by Gasteiger charge is -2.22. The van der Waals surface area contributed by atoms with Crippen molar-refractivity contribution in [3.05, 3.63) is 6.33 Å². The van der Waals surface area contributed by atoms with E-state index in [4.69, 9.17) is 5.73 Å². The van der Waals surface area contributed by atoms with Gasteiger partial charge in [0.15, 0.2) is 0 Å². The normalized spacial score (nSPS) is 24.5. The molecule has 3 N–H and O–H groups in total. The monoisotopic (exact) mass is 251 g/mol. The van der Waals surface area contributed by atoms with E-state index in [-0.39, 0.29) is 18.4 Å². The van der Waals surface area contributed by atoms with Crippen LogP contribution in [0.15, 0.2) is 6.33 Å². The van der Waals surface area contributed by atoms with Crippen molar-refractivity contribution in [3.8, 4) is 0 Å². The second-order valence-electron chi connectivity index (χ2n) is 5.09. The first-order chi connectivity index (χ1) is 8.65. The molecule has 1 amide bonds. The van der Waals surface area contributed by atoms with E-state index in [1.54, 1.807) is 0 Å². The molecule has 0 radical (unpaired) electrons. The largest absolute Gasteiger partial charge is 0.367 e. The van der Waals surface area contributed by atoms with Crippen molar-refractivity contribution in [1.82, 2.24) is 20.1 Å². The Kier molecular flexibility index (Phi) is 4.17. The van der Waals surface area contributed by atoms with Gasteiger partial charge in [0.05, 0.1) is 0 Å². The first-order valence-electron chi connectivity index (χ1n) is 6.59. The predicted molar refractivity (Wildman–Crippen MR) is 68.6 cm³/mol. The summed E-state index contributed by atoms with van der Waals surface area (Å²) in [5, 5.41) is 7.00. The van der Waals surface area contributed by atoms with Crippen LogP contribution in [0.5, 0.6) is 0 Å². The van der Waals surface area contributed by atoms with Gasteiger partial charge in [-0.05, 0) is 18.8 Å². The summed E-state index contributed by atoms with van der Waals surface area (Å²) >= 11 is 0. The van der Waals surface area contributed by atoms with Crippen LogP contribution in [0.1, 0.15) is 39.0 Å². The van der Waals surface area contributed by atoms with Crippen LogP contribution in [0.3, 0.4) is 0 Å². The van der Waals surface area contributed by atoms with Gasteiger partial charge in [-0.15, -0.1) is 5.10 Å². The van der Waals surface area contributed by atoms with E-state index in [1.165, 1.54) is 36.7 Å². The minimum absolute atomic E-state index is 0.0151. The number of carbonyl (C=O) groups is 1. The second kappa shape index (κ2) is 5.84. The minimum Gasteiger partial charge on any atom is -0.367 e. The number of nitrogen functional groups attached to an aromatic ring is 1. The van der Waals surface area contributed by atoms with Gasteiger partial charge in [-0.1, -0.05) is 26.2 Å². The number of nitrogens with zero attached hydrogens (tertiary/aromatic N) is 3. The van der Waals surface area contributed by atoms with E-state index in [0.717, 1.165) is 6.42 Å². The van der Waals surface area contributed by atoms with Gasteiger partial charge in [0.25, 0.3) is 0 Å². The Morgan fingerprint density at radius 2 is 2.28 bits per heavy atom. The number of aromatic nitrogens is 3. The highest BCUT2D eigenvalue weighted by Crippen LogP contribution is 2.22. The molecule has 1 fully saturated rings. The van der Waals surface area contributed by atoms with Crippen molar-refractivity contribution in [3.63, 3.8) is 0 Å². The van der Waals surface area contributed by atoms with Crippen molar-refractivity contribution >= 4 is 11.9 Å². The van der Waals surface area contributed by atoms with Crippen LogP contribution >= 0.6 is 0 Å². The maximum Gasteiger partial charge on any atom is 0.242 e. The van der Waals surface area contributed by atoms with Crippen molar-refractivity contribution in [2.45, 2.75) is 51.6 Å². The lowest BCUT2D eigenvalue weighted by molar-refractivity contribution is -0.122. The maximum atomic E-state index is 11.9. The van der Waals surface area contributed by atoms with Gasteiger partial charge in [0.1, 0.15) is 12.9 Å². The van der Waals surface area contributed by atoms with Crippen molar-refractivity contribution in [2.75, 3.05) is 5.73 Å². The number of hydrogen-bond acceptors (Lipinski definition) is 4. The third-order valence-electron chi connectivity index (χ3n) is 3.57. The third kappa shape index (κ3) is 3.45. The zero-order valence-electron chi connectivity index (χ0n) is 10.8. The van der Waals surface area contributed by atoms with Gasteiger partial charge in [-0.25, -0.2) is 9.67 Å². The van der Waals surface area contributed by atoms with Crippen LogP contribution in [-0.2, 0) is 11.3 Å². The Labute approximate surface area is 107 Å². The van der Waals surface area contributed by atoms with Crippen LogP contribution in [0.25, 0.3) is 0 Å². The predicted octanol–water partition coefficient (Wildman–Crippen LogP) is 0.945. The zero-order chi connectivity index (χ0) is 13.0. The van der Waals surface area contributed by atoms with Crippen LogP contribution < -0.4 is 11.1 Å². The Bertz CT molecular complexity index is 403. The van der Waals surface area contributed by atoms with Gasteiger partial charge < -0.3 is 11.1 Å². The van der Waals surface area contributed by atoms with Crippen LogP contribution in [0.2, 0.25) is 0 Å². The van der Waals surface area contributed by atoms with E-state index in [1.807, 2.05) is 0 Å². The molecule has 2 atom stereocenters. The molecular weight excluding hydrogens is 230 g/mol. The average molecular weight is 251 g/mol. The number of amides is 1. The maximum absolute atomic E-state index is 11.9. The molecule has 1 aromatic rings. The van der Waals surface area contributed by atoms with E-state index in [9.17, 15) is 4.79 Å². The van der Waals surface area contributed by atoms with Crippen molar-refractivity contribution in [1.29, 1.82) is 0 Å². The lowest BCUT2D eigenvalue weighted by atomic mass is 9.97. The molecule has 0 aromatic carbocycles. The number of nitrogens with two attached hydrogens (primary N) is 1. The molecule has 6 nitrogen and oxygen atoms in total. The molecule has 1 heterocycles. The Morgan fingerprint density at radius 3 is 3.00 bits per heavy atom. The van der Waals surface area contributed by atoms with Gasteiger partial charge in [0, 0.05) is 6.04 Å². The zero-order valence-corrected chi connectivity index (χ0v) is 10.8. The highest BCUT2D eigenvalue weighted by molar-refractivity contribution is 5.75. The summed E-state index contributed by atoms with van der Waals surface area (Å²) in [7, 11) is 0. The SMILES string of the molecule is CC1CCCCCC1NC(=O)Cn1cnc(N)n1. The summed E-state index contributed by atoms with van der Waals surface area (Å²) in [6.07, 6.45) is 7.49. The molecule has 100 valence electrons. The van der Waals surface area contributed by atoms with E-state index in [0.29, 0.717) is 12.0 Å². The quantitative estimate of drug-likeness (QED) is 0.783. The Balaban J connectivity index is 1.86. The summed E-state index contributed by atoms with van der Waals surface area (Å²) in [6.45, 7) is 2.40. The summed E-state index contributed by atoms with van der Waals surface area (Å²) in [6, 6.07) is 0.292. The number of anilines is 1. The Morgan fingerprint density at radius 1 is 1.50 bits per heavy atom. The smallest absolute Gasteiger partial charge is 0.242 e. The fourth-order valence-corrected chi connectivity index (χ4v) is 2.49. The lowest BCUT2D eigenvalue weighted by Crippen LogP contribution is -2.40. The molecular formula is C12H21N5O. The second-order valence-corrected chi connectivity index (χ2v) is 5.09. The standard InChI is InChI=1S/C12H21N5O/c1-9-5-3-2-4-6-10(9)15-11(18)7-17-8-14-12(13)16-17/h8-10H,2-7H2,1H3,(H2,13,16)(H,15,18). The van der Waals surface area contributed by atoms with Gasteiger partial charge in [-0.2, -0.15) is 0 Å². The molecule has 0 spiro atoms. The first kappa shape index (κ1) is 12.9. The number of hydrogen-bond donors (Lipinski definition) is 2. The van der Waals surface area contributed by atoms with Gasteiger partial charge in [0.2, 0.25) is 11.9 Å². The molecule has 2 unspecified atom stereocenters. The Hall–Kier alpha value is -1.59. The van der Waals surface area contributed by atoms with E-state index >= 15 is 0 Å². The molecule has 0 aliphatic heterocycles. The summed E-state index contributed by atoms with van der Waals surface area (Å²) < 4.78 is 1.46. The summed E-state index contributed by atoms with van der Waals surface area (Å²) in [5.74, 6) is 0.738. The van der Waals surface area contributed by atoms with Crippen molar-refractivity contribution in [2.24, 2.45) is 5.92 Å². The van der Waals surface area contributed by atoms with Gasteiger partial charge in [-0.3, -0.25) is 4.79 Å². The molecule has 1 aromatic heterocycles. The number of nitrogens with one attached hydrogen (secondary N) is 1. The highest BCUT2D eigenvalue weighted by atomic mass is 16.2. The van der Waals surface area contributed by atoms with E-state index < -0.39 is 0 Å². The first-order valence-corrected chi connectivity index (χ1v) is 6.59. The molecule has 18 heavy (non-hydrogen) atoms. The summed E-state index contributed by atoms with van der Waals surface area (Å²) in [5.41, 5.74) is 5.41. The molecule has 6 heteroatoms. The number of carbonyl (C=O) groups excluding carboxylic acids is 1. The third-order valence-corrected chi connectivity index (χ3v) is 3.57. The minimum atomic E-state index is -0.0151. The molecule has 0 bridgehead atoms. The summed E-state index contributed by atoms with van der Waals surface area (Å²) in [4.78, 5) is 15.7. The van der Waals surface area contributed by atoms with Crippen LogP contribution in [0.4, 0.5) is 5.95 Å². The van der Waals surface area contributed by atoms with Crippen LogP contribution in [0, 0.1) is 5.92 Å². The number of rotatable bonds is 3. The molecule has 0 saturated heterocycles. The van der Waals surface area contributed by atoms with Crippen LogP contribution in [-0.4, -0.2) is 26.7 Å². The fraction of sp³-hybridized carbons (Fsp3) is 0.750. The van der Waals surface area contributed by atoms with E-state index in [2.05, 4.69) is 22.3 Å². The van der Waals surface area contributed by atoms with Gasteiger partial charge >= 0.3 is 0 Å². The molecule has 1 aliphatic rings. The average Bonchev–Trinajstić information content (AvgIpc) is 2.61. The highest BCUT2D eigenvalue weighted by Gasteiger charge is 2.21. The van der Waals surface area contributed by atoms with Crippen molar-refractivity contribution < 1.29 is 4.79 Å².